The van der Waals surface area contributed by atoms with Gasteiger partial charge in [0.1, 0.15) is 18.0 Å². The molecule has 7 nitrogen and oxygen atoms in total. The van der Waals surface area contributed by atoms with E-state index in [0.29, 0.717) is 41.2 Å². The number of halogens is 3. The van der Waals surface area contributed by atoms with Crippen LogP contribution in [0.25, 0.3) is 10.9 Å². The van der Waals surface area contributed by atoms with Crippen LogP contribution in [0.1, 0.15) is 6.42 Å². The summed E-state index contributed by atoms with van der Waals surface area (Å²) >= 11 is 5.86. The number of nitrogens with zero attached hydrogens (tertiary/aromatic N) is 4. The summed E-state index contributed by atoms with van der Waals surface area (Å²) in [7, 11) is 0. The third kappa shape index (κ3) is 5.00. The maximum atomic E-state index is 13.4. The first-order valence-electron chi connectivity index (χ1n) is 9.42. The number of hydrogen-bond donors (Lipinski definition) is 1. The molecule has 10 heteroatoms. The molecular formula is C21H18ClF2N5O2. The highest BCUT2D eigenvalue weighted by Crippen LogP contribution is 2.35. The summed E-state index contributed by atoms with van der Waals surface area (Å²) in [5.41, 5.74) is 1.08. The molecule has 0 unspecified atom stereocenters. The second-order valence-electron chi connectivity index (χ2n) is 6.55. The minimum absolute atomic E-state index is 0.0103. The molecule has 0 radical (unpaired) electrons. The van der Waals surface area contributed by atoms with E-state index in [4.69, 9.17) is 21.1 Å². The summed E-state index contributed by atoms with van der Waals surface area (Å²) in [4.78, 5) is 12.5. The third-order valence-electron chi connectivity index (χ3n) is 4.47. The van der Waals surface area contributed by atoms with Crippen molar-refractivity contribution in [1.82, 2.24) is 19.5 Å². The highest BCUT2D eigenvalue weighted by Gasteiger charge is 2.13. The first-order chi connectivity index (χ1) is 15.1. The second-order valence-corrected chi connectivity index (χ2v) is 6.96. The van der Waals surface area contributed by atoms with Gasteiger partial charge in [0.15, 0.2) is 11.5 Å². The van der Waals surface area contributed by atoms with E-state index in [1.165, 1.54) is 18.5 Å². The first-order valence-corrected chi connectivity index (χ1v) is 9.80. The summed E-state index contributed by atoms with van der Waals surface area (Å²) in [6.07, 6.45) is 7.38. The van der Waals surface area contributed by atoms with Crippen molar-refractivity contribution in [3.8, 4) is 11.5 Å². The Hall–Kier alpha value is -3.46. The van der Waals surface area contributed by atoms with E-state index in [-0.39, 0.29) is 10.8 Å². The molecular weight excluding hydrogens is 428 g/mol. The van der Waals surface area contributed by atoms with Gasteiger partial charge in [-0.15, -0.1) is 0 Å². The van der Waals surface area contributed by atoms with Crippen LogP contribution in [0.3, 0.4) is 0 Å². The van der Waals surface area contributed by atoms with Crippen molar-refractivity contribution in [2.24, 2.45) is 0 Å². The van der Waals surface area contributed by atoms with Gasteiger partial charge in [-0.2, -0.15) is 0 Å². The van der Waals surface area contributed by atoms with Crippen LogP contribution in [-0.4, -0.2) is 33.0 Å². The smallest absolute Gasteiger partial charge is 0.228 e. The maximum Gasteiger partial charge on any atom is 0.228 e. The van der Waals surface area contributed by atoms with Gasteiger partial charge >= 0.3 is 0 Å². The lowest BCUT2D eigenvalue weighted by Crippen LogP contribution is -2.05. The van der Waals surface area contributed by atoms with Gasteiger partial charge in [-0.05, 0) is 30.7 Å². The van der Waals surface area contributed by atoms with Crippen molar-refractivity contribution in [1.29, 1.82) is 0 Å². The molecule has 2 aromatic heterocycles. The lowest BCUT2D eigenvalue weighted by Gasteiger charge is -2.14. The molecule has 1 N–H and O–H groups in total. The fourth-order valence-corrected chi connectivity index (χ4v) is 3.19. The van der Waals surface area contributed by atoms with E-state index in [1.807, 2.05) is 10.8 Å². The number of benzene rings is 2. The number of imidazole rings is 1. The van der Waals surface area contributed by atoms with Crippen LogP contribution in [0.4, 0.5) is 20.3 Å². The zero-order valence-corrected chi connectivity index (χ0v) is 17.0. The summed E-state index contributed by atoms with van der Waals surface area (Å²) in [6, 6.07) is 7.54. The zero-order chi connectivity index (χ0) is 21.6. The zero-order valence-electron chi connectivity index (χ0n) is 16.3. The highest BCUT2D eigenvalue weighted by atomic mass is 35.5. The van der Waals surface area contributed by atoms with Crippen LogP contribution in [0.15, 0.2) is 55.4 Å². The number of anilines is 2. The molecule has 2 heterocycles. The lowest BCUT2D eigenvalue weighted by atomic mass is 10.2. The van der Waals surface area contributed by atoms with E-state index < -0.39 is 12.7 Å². The van der Waals surface area contributed by atoms with Crippen molar-refractivity contribution in [2.45, 2.75) is 13.0 Å². The van der Waals surface area contributed by atoms with Crippen molar-refractivity contribution < 1.29 is 18.3 Å². The summed E-state index contributed by atoms with van der Waals surface area (Å²) in [6.45, 7) is 0.117. The number of hydrogen-bond acceptors (Lipinski definition) is 6. The van der Waals surface area contributed by atoms with Crippen molar-refractivity contribution in [3.63, 3.8) is 0 Å². The van der Waals surface area contributed by atoms with E-state index >= 15 is 0 Å². The molecule has 0 amide bonds. The molecule has 0 saturated carbocycles. The number of aryl methyl sites for hydroxylation is 1. The highest BCUT2D eigenvalue weighted by molar-refractivity contribution is 6.31. The normalized spacial score (nSPS) is 10.9. The molecule has 4 rings (SSSR count). The molecule has 4 aromatic rings. The van der Waals surface area contributed by atoms with Gasteiger partial charge in [0.05, 0.1) is 23.5 Å². The van der Waals surface area contributed by atoms with Crippen LogP contribution in [0.2, 0.25) is 5.02 Å². The fourth-order valence-electron chi connectivity index (χ4n) is 3.01. The molecule has 160 valence electrons. The molecule has 0 atom stereocenters. The predicted molar refractivity (Wildman–Crippen MR) is 113 cm³/mol. The Morgan fingerprint density at radius 1 is 1.10 bits per heavy atom. The Morgan fingerprint density at radius 2 is 1.97 bits per heavy atom. The number of ether oxygens (including phenoxy) is 2. The van der Waals surface area contributed by atoms with Crippen LogP contribution in [-0.2, 0) is 6.54 Å². The largest absolute Gasteiger partial charge is 0.490 e. The molecule has 2 aromatic carbocycles. The Labute approximate surface area is 181 Å². The second kappa shape index (κ2) is 9.57. The Kier molecular flexibility index (Phi) is 6.42. The SMILES string of the molecule is FCOc1cc2ncnc(Nc3ccc(F)c(Cl)c3)c2cc1OCCCn1ccnc1. The Morgan fingerprint density at radius 3 is 2.74 bits per heavy atom. The van der Waals surface area contributed by atoms with Crippen LogP contribution < -0.4 is 14.8 Å². The molecule has 0 aliphatic heterocycles. The molecule has 0 aliphatic carbocycles. The summed E-state index contributed by atoms with van der Waals surface area (Å²) < 4.78 is 39.2. The van der Waals surface area contributed by atoms with Gasteiger partial charge in [-0.1, -0.05) is 11.6 Å². The standard InChI is InChI=1S/C21H18ClF2N5O2/c22-16-8-14(2-3-17(16)24)28-21-15-9-19(30-7-1-5-29-6-4-25-13-29)20(31-11-23)10-18(15)26-12-27-21/h2-4,6,8-10,12-13H,1,5,7,11H2,(H,26,27,28). The van der Waals surface area contributed by atoms with E-state index in [2.05, 4.69) is 20.3 Å². The number of fused-ring (bicyclic) bond motifs is 1. The van der Waals surface area contributed by atoms with Gasteiger partial charge in [0.25, 0.3) is 0 Å². The minimum atomic E-state index is -0.999. The quantitative estimate of drug-likeness (QED) is 0.360. The van der Waals surface area contributed by atoms with Gasteiger partial charge in [0.2, 0.25) is 6.86 Å². The van der Waals surface area contributed by atoms with Crippen molar-refractivity contribution in [2.75, 3.05) is 18.8 Å². The Bertz CT molecular complexity index is 1170. The minimum Gasteiger partial charge on any atom is -0.490 e. The molecule has 0 fully saturated rings. The van der Waals surface area contributed by atoms with Crippen molar-refractivity contribution in [3.05, 3.63) is 66.2 Å². The van der Waals surface area contributed by atoms with E-state index in [9.17, 15) is 8.78 Å². The third-order valence-corrected chi connectivity index (χ3v) is 4.76. The van der Waals surface area contributed by atoms with Gasteiger partial charge in [-0.25, -0.2) is 23.7 Å². The van der Waals surface area contributed by atoms with E-state index in [1.54, 1.807) is 30.7 Å². The summed E-state index contributed by atoms with van der Waals surface area (Å²) in [5, 5.41) is 3.71. The van der Waals surface area contributed by atoms with Gasteiger partial charge < -0.3 is 19.4 Å². The predicted octanol–water partition coefficient (Wildman–Crippen LogP) is 5.14. The van der Waals surface area contributed by atoms with Gasteiger partial charge in [-0.3, -0.25) is 0 Å². The number of alkyl halides is 1. The molecule has 0 saturated heterocycles. The van der Waals surface area contributed by atoms with E-state index in [0.717, 1.165) is 6.54 Å². The van der Waals surface area contributed by atoms with Crippen LogP contribution >= 0.6 is 11.6 Å². The van der Waals surface area contributed by atoms with Gasteiger partial charge in [0, 0.05) is 36.1 Å². The van der Waals surface area contributed by atoms with Crippen LogP contribution in [0.5, 0.6) is 11.5 Å². The molecule has 31 heavy (non-hydrogen) atoms. The average Bonchev–Trinajstić information content (AvgIpc) is 3.28. The molecule has 0 spiro atoms. The average molecular weight is 446 g/mol. The topological polar surface area (TPSA) is 74.1 Å². The number of rotatable bonds is 9. The van der Waals surface area contributed by atoms with Crippen LogP contribution in [0, 0.1) is 5.82 Å². The summed E-state index contributed by atoms with van der Waals surface area (Å²) in [5.74, 6) is 0.555. The fraction of sp³-hybridized carbons (Fsp3) is 0.190. The van der Waals surface area contributed by atoms with Crippen molar-refractivity contribution >= 4 is 34.0 Å². The number of aromatic nitrogens is 4. The molecule has 0 aliphatic rings. The number of nitrogens with one attached hydrogen (secondary N) is 1. The monoisotopic (exact) mass is 445 g/mol. The maximum absolute atomic E-state index is 13.4. The molecule has 0 bridgehead atoms. The lowest BCUT2D eigenvalue weighted by molar-refractivity contribution is 0.180. The first kappa shape index (κ1) is 20.8. The Balaban J connectivity index is 1.58.